The molecule has 1 aromatic carbocycles. The monoisotopic (exact) mass is 174 g/mol. The Kier molecular flexibility index (Phi) is 2.47. The summed E-state index contributed by atoms with van der Waals surface area (Å²) >= 11 is 0. The first-order valence-corrected chi connectivity index (χ1v) is 3.20. The Morgan fingerprint density at radius 1 is 1.25 bits per heavy atom. The second-order valence-electron chi connectivity index (χ2n) is 2.15. The average Bonchev–Trinajstić information content (AvgIpc) is 2.03. The molecule has 1 rings (SSSR count). The van der Waals surface area contributed by atoms with Crippen LogP contribution in [-0.2, 0) is 0 Å². The highest BCUT2D eigenvalue weighted by Gasteiger charge is 2.15. The van der Waals surface area contributed by atoms with Crippen molar-refractivity contribution < 1.29 is 18.0 Å². The number of alkyl halides is 1. The number of ketones is 1. The maximum atomic E-state index is 12.7. The molecule has 0 atom stereocenters. The van der Waals surface area contributed by atoms with Crippen molar-refractivity contribution in [2.24, 2.45) is 0 Å². The van der Waals surface area contributed by atoms with Gasteiger partial charge in [-0.15, -0.1) is 0 Å². The summed E-state index contributed by atoms with van der Waals surface area (Å²) in [6.45, 7) is -1.39. The van der Waals surface area contributed by atoms with Gasteiger partial charge in [-0.2, -0.15) is 0 Å². The van der Waals surface area contributed by atoms with Gasteiger partial charge >= 0.3 is 0 Å². The molecule has 0 saturated carbocycles. The number of hydrogen-bond donors (Lipinski definition) is 0. The Balaban J connectivity index is 3.21. The minimum absolute atomic E-state index is 0.806. The van der Waals surface area contributed by atoms with E-state index in [2.05, 4.69) is 0 Å². The topological polar surface area (TPSA) is 17.1 Å². The standard InChI is InChI=1S/C8H5F3O/c9-4-7(12)8-5(10)2-1-3-6(8)11/h1-3H,4H2. The van der Waals surface area contributed by atoms with Crippen molar-refractivity contribution in [2.45, 2.75) is 0 Å². The van der Waals surface area contributed by atoms with Gasteiger partial charge in [0.1, 0.15) is 11.6 Å². The van der Waals surface area contributed by atoms with Gasteiger partial charge in [0.25, 0.3) is 0 Å². The van der Waals surface area contributed by atoms with Gasteiger partial charge in [-0.1, -0.05) is 6.07 Å². The first-order valence-electron chi connectivity index (χ1n) is 3.20. The molecule has 0 aromatic heterocycles. The first-order chi connectivity index (χ1) is 5.66. The lowest BCUT2D eigenvalue weighted by Gasteiger charge is -1.99. The lowest BCUT2D eigenvalue weighted by atomic mass is 10.1. The molecule has 0 spiro atoms. The van der Waals surface area contributed by atoms with Gasteiger partial charge in [0.15, 0.2) is 12.5 Å². The van der Waals surface area contributed by atoms with Crippen LogP contribution in [0.25, 0.3) is 0 Å². The summed E-state index contributed by atoms with van der Waals surface area (Å²) in [4.78, 5) is 10.6. The highest BCUT2D eigenvalue weighted by atomic mass is 19.1. The quantitative estimate of drug-likeness (QED) is 0.627. The summed E-state index contributed by atoms with van der Waals surface area (Å²) in [5, 5.41) is 0. The second kappa shape index (κ2) is 3.38. The molecule has 0 amide bonds. The molecule has 0 aliphatic heterocycles. The molecule has 0 radical (unpaired) electrons. The Labute approximate surface area is 66.8 Å². The minimum atomic E-state index is -1.39. The van der Waals surface area contributed by atoms with Crippen LogP contribution >= 0.6 is 0 Å². The first kappa shape index (κ1) is 8.77. The Hall–Kier alpha value is -1.32. The van der Waals surface area contributed by atoms with Gasteiger partial charge in [-0.05, 0) is 12.1 Å². The summed E-state index contributed by atoms with van der Waals surface area (Å²) in [7, 11) is 0. The van der Waals surface area contributed by atoms with Crippen molar-refractivity contribution in [3.05, 3.63) is 35.4 Å². The van der Waals surface area contributed by atoms with Gasteiger partial charge < -0.3 is 0 Å². The van der Waals surface area contributed by atoms with Crippen molar-refractivity contribution in [1.29, 1.82) is 0 Å². The van der Waals surface area contributed by atoms with Gasteiger partial charge in [-0.25, -0.2) is 13.2 Å². The normalized spacial score (nSPS) is 9.92. The number of hydrogen-bond acceptors (Lipinski definition) is 1. The molecule has 0 bridgehead atoms. The maximum absolute atomic E-state index is 12.7. The smallest absolute Gasteiger partial charge is 0.199 e. The zero-order chi connectivity index (χ0) is 9.14. The molecule has 12 heavy (non-hydrogen) atoms. The summed E-state index contributed by atoms with van der Waals surface area (Å²) in [5.41, 5.74) is -0.806. The fourth-order valence-electron chi connectivity index (χ4n) is 0.831. The fraction of sp³-hybridized carbons (Fsp3) is 0.125. The van der Waals surface area contributed by atoms with Gasteiger partial charge in [-0.3, -0.25) is 4.79 Å². The molecule has 0 aliphatic rings. The van der Waals surface area contributed by atoms with Crippen LogP contribution in [-0.4, -0.2) is 12.5 Å². The van der Waals surface area contributed by atoms with E-state index in [1.807, 2.05) is 0 Å². The lowest BCUT2D eigenvalue weighted by Crippen LogP contribution is -2.07. The zero-order valence-electron chi connectivity index (χ0n) is 5.98. The molecule has 64 valence electrons. The second-order valence-corrected chi connectivity index (χ2v) is 2.15. The van der Waals surface area contributed by atoms with Crippen LogP contribution in [0.3, 0.4) is 0 Å². The highest BCUT2D eigenvalue weighted by Crippen LogP contribution is 2.12. The van der Waals surface area contributed by atoms with Crippen LogP contribution in [0.5, 0.6) is 0 Å². The molecule has 0 aliphatic carbocycles. The van der Waals surface area contributed by atoms with Crippen molar-refractivity contribution in [1.82, 2.24) is 0 Å². The minimum Gasteiger partial charge on any atom is -0.291 e. The molecular weight excluding hydrogens is 169 g/mol. The number of rotatable bonds is 2. The molecule has 0 heterocycles. The van der Waals surface area contributed by atoms with Crippen molar-refractivity contribution in [3.63, 3.8) is 0 Å². The molecule has 1 nitrogen and oxygen atoms in total. The maximum Gasteiger partial charge on any atom is 0.199 e. The van der Waals surface area contributed by atoms with Crippen LogP contribution in [0.2, 0.25) is 0 Å². The third-order valence-corrected chi connectivity index (χ3v) is 1.36. The van der Waals surface area contributed by atoms with Gasteiger partial charge in [0.05, 0.1) is 5.56 Å². The van der Waals surface area contributed by atoms with Crippen LogP contribution in [0, 0.1) is 11.6 Å². The van der Waals surface area contributed by atoms with Crippen molar-refractivity contribution in [3.8, 4) is 0 Å². The number of halogens is 3. The summed E-state index contributed by atoms with van der Waals surface area (Å²) in [5.74, 6) is -3.24. The van der Waals surface area contributed by atoms with E-state index in [1.54, 1.807) is 0 Å². The fourth-order valence-corrected chi connectivity index (χ4v) is 0.831. The predicted octanol–water partition coefficient (Wildman–Crippen LogP) is 2.12. The van der Waals surface area contributed by atoms with E-state index in [0.717, 1.165) is 18.2 Å². The largest absolute Gasteiger partial charge is 0.291 e. The average molecular weight is 174 g/mol. The van der Waals surface area contributed by atoms with E-state index >= 15 is 0 Å². The van der Waals surface area contributed by atoms with E-state index in [-0.39, 0.29) is 0 Å². The molecule has 0 fully saturated rings. The van der Waals surface area contributed by atoms with Gasteiger partial charge in [0.2, 0.25) is 0 Å². The highest BCUT2D eigenvalue weighted by molar-refractivity contribution is 5.97. The third kappa shape index (κ3) is 1.47. The van der Waals surface area contributed by atoms with Crippen molar-refractivity contribution >= 4 is 5.78 Å². The van der Waals surface area contributed by atoms with E-state index in [9.17, 15) is 18.0 Å². The Morgan fingerprint density at radius 2 is 1.75 bits per heavy atom. The van der Waals surface area contributed by atoms with E-state index in [4.69, 9.17) is 0 Å². The Morgan fingerprint density at radius 3 is 2.17 bits per heavy atom. The summed E-state index contributed by atoms with van der Waals surface area (Å²) < 4.78 is 37.1. The number of benzene rings is 1. The number of carbonyl (C=O) groups excluding carboxylic acids is 1. The van der Waals surface area contributed by atoms with E-state index in [1.165, 1.54) is 0 Å². The van der Waals surface area contributed by atoms with Crippen LogP contribution in [0.15, 0.2) is 18.2 Å². The van der Waals surface area contributed by atoms with Crippen LogP contribution in [0.4, 0.5) is 13.2 Å². The predicted molar refractivity (Wildman–Crippen MR) is 36.7 cm³/mol. The summed E-state index contributed by atoms with van der Waals surface area (Å²) in [6, 6.07) is 2.93. The third-order valence-electron chi connectivity index (χ3n) is 1.36. The summed E-state index contributed by atoms with van der Waals surface area (Å²) in [6.07, 6.45) is 0. The lowest BCUT2D eigenvalue weighted by molar-refractivity contribution is 0.0950. The Bertz CT molecular complexity index is 289. The van der Waals surface area contributed by atoms with Gasteiger partial charge in [0, 0.05) is 0 Å². The number of carbonyl (C=O) groups is 1. The molecule has 4 heteroatoms. The van der Waals surface area contributed by atoms with E-state index < -0.39 is 29.7 Å². The van der Waals surface area contributed by atoms with Crippen LogP contribution < -0.4 is 0 Å². The van der Waals surface area contributed by atoms with Crippen LogP contribution in [0.1, 0.15) is 10.4 Å². The SMILES string of the molecule is O=C(CF)c1c(F)cccc1F. The molecular formula is C8H5F3O. The number of Topliss-reactive ketones (excluding diaryl/α,β-unsaturated/α-hetero) is 1. The molecule has 0 N–H and O–H groups in total. The zero-order valence-corrected chi connectivity index (χ0v) is 5.98. The molecule has 1 aromatic rings. The molecule has 0 saturated heterocycles. The van der Waals surface area contributed by atoms with Crippen molar-refractivity contribution in [2.75, 3.05) is 6.67 Å². The molecule has 0 unspecified atom stereocenters. The van der Waals surface area contributed by atoms with E-state index in [0.29, 0.717) is 0 Å².